The van der Waals surface area contributed by atoms with Crippen molar-refractivity contribution in [3.63, 3.8) is 0 Å². The average Bonchev–Trinajstić information content (AvgIpc) is 3.08. The molecule has 3 nitrogen and oxygen atoms in total. The van der Waals surface area contributed by atoms with Crippen molar-refractivity contribution in [3.8, 4) is 0 Å². The van der Waals surface area contributed by atoms with E-state index in [4.69, 9.17) is 0 Å². The second-order valence-electron chi connectivity index (χ2n) is 5.57. The number of halogens is 2. The Bertz CT molecular complexity index is 616. The summed E-state index contributed by atoms with van der Waals surface area (Å²) in [6, 6.07) is 8.94. The summed E-state index contributed by atoms with van der Waals surface area (Å²) in [5.41, 5.74) is 2.38. The minimum atomic E-state index is -0.171. The molecule has 0 aliphatic carbocycles. The summed E-state index contributed by atoms with van der Waals surface area (Å²) in [5.74, 6) is 1.09. The van der Waals surface area contributed by atoms with Crippen molar-refractivity contribution in [2.24, 2.45) is 4.99 Å². The Hall–Kier alpha value is -1.15. The number of hydrogen-bond donors (Lipinski definition) is 2. The van der Waals surface area contributed by atoms with Crippen molar-refractivity contribution < 1.29 is 4.39 Å². The molecule has 132 valence electrons. The lowest BCUT2D eigenvalue weighted by atomic mass is 10.1. The van der Waals surface area contributed by atoms with Gasteiger partial charge in [-0.05, 0) is 58.8 Å². The number of aryl methyl sites for hydroxylation is 1. The van der Waals surface area contributed by atoms with E-state index in [-0.39, 0.29) is 29.8 Å². The maximum Gasteiger partial charge on any atom is 0.190 e. The monoisotopic (exact) mass is 461 g/mol. The number of aliphatic imine (C=N–C) groups is 1. The third kappa shape index (κ3) is 7.17. The van der Waals surface area contributed by atoms with Crippen LogP contribution in [0.5, 0.6) is 0 Å². The molecule has 0 saturated carbocycles. The van der Waals surface area contributed by atoms with Crippen LogP contribution in [0, 0.1) is 5.82 Å². The highest BCUT2D eigenvalue weighted by molar-refractivity contribution is 14.0. The maximum atomic E-state index is 13.1. The SMILES string of the molecule is CN=C(NCCCc1cccc(F)c1)NCC(C)c1ccsc1.I. The van der Waals surface area contributed by atoms with Crippen LogP contribution < -0.4 is 10.6 Å². The van der Waals surface area contributed by atoms with Crippen LogP contribution in [0.1, 0.15) is 30.4 Å². The predicted molar refractivity (Wildman–Crippen MR) is 112 cm³/mol. The molecule has 0 radical (unpaired) electrons. The fourth-order valence-electron chi connectivity index (χ4n) is 2.34. The number of hydrogen-bond acceptors (Lipinski definition) is 2. The zero-order valence-electron chi connectivity index (χ0n) is 14.1. The number of guanidine groups is 1. The van der Waals surface area contributed by atoms with Gasteiger partial charge < -0.3 is 10.6 Å². The van der Waals surface area contributed by atoms with Gasteiger partial charge in [-0.25, -0.2) is 4.39 Å². The van der Waals surface area contributed by atoms with Crippen LogP contribution in [0.25, 0.3) is 0 Å². The molecule has 6 heteroatoms. The Labute approximate surface area is 164 Å². The third-order valence-corrected chi connectivity index (χ3v) is 4.44. The molecule has 2 rings (SSSR count). The molecular formula is C18H25FIN3S. The molecule has 0 saturated heterocycles. The van der Waals surface area contributed by atoms with Crippen LogP contribution in [0.3, 0.4) is 0 Å². The van der Waals surface area contributed by atoms with Crippen LogP contribution in [-0.2, 0) is 6.42 Å². The van der Waals surface area contributed by atoms with E-state index in [1.54, 1.807) is 30.5 Å². The Kier molecular flexibility index (Phi) is 9.94. The van der Waals surface area contributed by atoms with Crippen molar-refractivity contribution in [1.29, 1.82) is 0 Å². The van der Waals surface area contributed by atoms with Crippen molar-refractivity contribution >= 4 is 41.3 Å². The summed E-state index contributed by atoms with van der Waals surface area (Å²) in [7, 11) is 1.77. The van der Waals surface area contributed by atoms with E-state index in [9.17, 15) is 4.39 Å². The van der Waals surface area contributed by atoms with Gasteiger partial charge in [0.2, 0.25) is 0 Å². The molecule has 0 aliphatic heterocycles. The molecule has 0 spiro atoms. The van der Waals surface area contributed by atoms with Gasteiger partial charge in [0.1, 0.15) is 5.82 Å². The first-order valence-electron chi connectivity index (χ1n) is 7.90. The van der Waals surface area contributed by atoms with Crippen molar-refractivity contribution in [3.05, 3.63) is 58.0 Å². The van der Waals surface area contributed by atoms with Crippen LogP contribution >= 0.6 is 35.3 Å². The fourth-order valence-corrected chi connectivity index (χ4v) is 3.12. The molecule has 1 aromatic carbocycles. The molecule has 1 unspecified atom stereocenters. The lowest BCUT2D eigenvalue weighted by Gasteiger charge is -2.15. The highest BCUT2D eigenvalue weighted by Crippen LogP contribution is 2.16. The van der Waals surface area contributed by atoms with E-state index in [0.717, 1.165) is 37.5 Å². The molecule has 2 aromatic rings. The minimum Gasteiger partial charge on any atom is -0.356 e. The van der Waals surface area contributed by atoms with E-state index in [1.165, 1.54) is 11.6 Å². The van der Waals surface area contributed by atoms with Gasteiger partial charge in [-0.3, -0.25) is 4.99 Å². The van der Waals surface area contributed by atoms with Gasteiger partial charge in [-0.2, -0.15) is 11.3 Å². The third-order valence-electron chi connectivity index (χ3n) is 3.74. The quantitative estimate of drug-likeness (QED) is 0.278. The van der Waals surface area contributed by atoms with Gasteiger partial charge >= 0.3 is 0 Å². The van der Waals surface area contributed by atoms with Crippen molar-refractivity contribution in [2.45, 2.75) is 25.7 Å². The number of rotatable bonds is 7. The van der Waals surface area contributed by atoms with Gasteiger partial charge in [0, 0.05) is 20.1 Å². The molecule has 1 atom stereocenters. The molecule has 1 heterocycles. The van der Waals surface area contributed by atoms with Gasteiger partial charge in [0.05, 0.1) is 0 Å². The van der Waals surface area contributed by atoms with Crippen molar-refractivity contribution in [1.82, 2.24) is 10.6 Å². The molecule has 0 amide bonds. The van der Waals surface area contributed by atoms with Gasteiger partial charge in [-0.1, -0.05) is 19.1 Å². The standard InChI is InChI=1S/C18H24FN3S.HI/c1-14(16-8-10-23-13-16)12-22-18(20-2)21-9-4-6-15-5-3-7-17(19)11-15;/h3,5,7-8,10-11,13-14H,4,6,9,12H2,1-2H3,(H2,20,21,22);1H. The van der Waals surface area contributed by atoms with Gasteiger partial charge in [-0.15, -0.1) is 24.0 Å². The fraction of sp³-hybridized carbons (Fsp3) is 0.389. The summed E-state index contributed by atoms with van der Waals surface area (Å²) in [5, 5.41) is 10.9. The molecule has 2 N–H and O–H groups in total. The highest BCUT2D eigenvalue weighted by Gasteiger charge is 2.06. The zero-order valence-corrected chi connectivity index (χ0v) is 17.2. The first kappa shape index (κ1) is 20.9. The first-order chi connectivity index (χ1) is 11.2. The van der Waals surface area contributed by atoms with E-state index in [1.807, 2.05) is 6.07 Å². The van der Waals surface area contributed by atoms with E-state index in [2.05, 4.69) is 39.4 Å². The number of benzene rings is 1. The molecule has 0 aliphatic rings. The van der Waals surface area contributed by atoms with Crippen molar-refractivity contribution in [2.75, 3.05) is 20.1 Å². The average molecular weight is 461 g/mol. The van der Waals surface area contributed by atoms with E-state index in [0.29, 0.717) is 5.92 Å². The molecule has 24 heavy (non-hydrogen) atoms. The largest absolute Gasteiger partial charge is 0.356 e. The van der Waals surface area contributed by atoms with Gasteiger partial charge in [0.15, 0.2) is 5.96 Å². The highest BCUT2D eigenvalue weighted by atomic mass is 127. The summed E-state index contributed by atoms with van der Waals surface area (Å²) in [6.45, 7) is 3.86. The Morgan fingerprint density at radius 3 is 2.79 bits per heavy atom. The molecule has 0 bridgehead atoms. The Morgan fingerprint density at radius 1 is 1.29 bits per heavy atom. The minimum absolute atomic E-state index is 0. The molecule has 0 fully saturated rings. The summed E-state index contributed by atoms with van der Waals surface area (Å²) in [4.78, 5) is 4.24. The number of nitrogens with one attached hydrogen (secondary N) is 2. The van der Waals surface area contributed by atoms with Crippen LogP contribution in [0.2, 0.25) is 0 Å². The Morgan fingerprint density at radius 2 is 2.12 bits per heavy atom. The molecule has 1 aromatic heterocycles. The lowest BCUT2D eigenvalue weighted by Crippen LogP contribution is -2.39. The summed E-state index contributed by atoms with van der Waals surface area (Å²) >= 11 is 1.72. The van der Waals surface area contributed by atoms with Crippen LogP contribution in [0.4, 0.5) is 4.39 Å². The maximum absolute atomic E-state index is 13.1. The lowest BCUT2D eigenvalue weighted by molar-refractivity contribution is 0.624. The van der Waals surface area contributed by atoms with Crippen LogP contribution in [-0.4, -0.2) is 26.1 Å². The normalized spacial score (nSPS) is 12.4. The smallest absolute Gasteiger partial charge is 0.190 e. The predicted octanol–water partition coefficient (Wildman–Crippen LogP) is 4.41. The number of thiophene rings is 1. The van der Waals surface area contributed by atoms with E-state index < -0.39 is 0 Å². The Balaban J connectivity index is 0.00000288. The second-order valence-corrected chi connectivity index (χ2v) is 6.35. The second kappa shape index (κ2) is 11.4. The first-order valence-corrected chi connectivity index (χ1v) is 8.84. The zero-order chi connectivity index (χ0) is 16.5. The summed E-state index contributed by atoms with van der Waals surface area (Å²) < 4.78 is 13.1. The van der Waals surface area contributed by atoms with Crippen LogP contribution in [0.15, 0.2) is 46.1 Å². The topological polar surface area (TPSA) is 36.4 Å². The summed E-state index contributed by atoms with van der Waals surface area (Å²) in [6.07, 6.45) is 1.79. The van der Waals surface area contributed by atoms with Gasteiger partial charge in [0.25, 0.3) is 0 Å². The molecular weight excluding hydrogens is 436 g/mol. The number of nitrogens with zero attached hydrogens (tertiary/aromatic N) is 1. The van der Waals surface area contributed by atoms with E-state index >= 15 is 0 Å².